The molecule has 3 aromatic heterocycles. The fraction of sp³-hybridized carbons (Fsp3) is 0.423. The molecule has 5 heterocycles. The van der Waals surface area contributed by atoms with Crippen molar-refractivity contribution in [2.24, 2.45) is 5.41 Å². The van der Waals surface area contributed by atoms with E-state index in [9.17, 15) is 18.0 Å². The van der Waals surface area contributed by atoms with Gasteiger partial charge in [-0.1, -0.05) is 12.1 Å². The van der Waals surface area contributed by atoms with Crippen molar-refractivity contribution in [3.8, 4) is 0 Å². The molecule has 7 nitrogen and oxygen atoms in total. The number of aromatic nitrogens is 4. The molecular formula is C26H27F3N6O. The van der Waals surface area contributed by atoms with Gasteiger partial charge in [0.05, 0.1) is 13.0 Å². The quantitative estimate of drug-likeness (QED) is 0.377. The lowest BCUT2D eigenvalue weighted by Gasteiger charge is -2.25. The summed E-state index contributed by atoms with van der Waals surface area (Å²) >= 11 is 0. The minimum atomic E-state index is -4.26. The third kappa shape index (κ3) is 4.34. The number of hydrogen-bond donors (Lipinski definition) is 0. The van der Waals surface area contributed by atoms with Crippen molar-refractivity contribution in [3.05, 3.63) is 60.2 Å². The minimum Gasteiger partial charge on any atom is -0.354 e. The Morgan fingerprint density at radius 1 is 1.03 bits per heavy atom. The van der Waals surface area contributed by atoms with Crippen LogP contribution in [-0.2, 0) is 24.3 Å². The number of carbonyl (C=O) groups excluding carboxylic acids is 1. The SMILES string of the molecule is O=CCn1ccc2ccc(CN3CCC4(CCN(c5ncnn6cc(CC(F)(F)F)cc56)C4)C3)cc21. The molecule has 2 fully saturated rings. The summed E-state index contributed by atoms with van der Waals surface area (Å²) in [6, 6.07) is 10.0. The van der Waals surface area contributed by atoms with Crippen LogP contribution in [0.1, 0.15) is 24.0 Å². The summed E-state index contributed by atoms with van der Waals surface area (Å²) in [6.45, 7) is 4.83. The average Bonchev–Trinajstić information content (AvgIpc) is 3.60. The first-order chi connectivity index (χ1) is 17.3. The average molecular weight is 497 g/mol. The Labute approximate surface area is 206 Å². The summed E-state index contributed by atoms with van der Waals surface area (Å²) in [5.41, 5.74) is 3.26. The predicted molar refractivity (Wildman–Crippen MR) is 130 cm³/mol. The van der Waals surface area contributed by atoms with E-state index in [4.69, 9.17) is 0 Å². The molecular weight excluding hydrogens is 469 g/mol. The third-order valence-electron chi connectivity index (χ3n) is 7.62. The molecule has 0 saturated carbocycles. The van der Waals surface area contributed by atoms with Crippen LogP contribution in [0.25, 0.3) is 16.4 Å². The van der Waals surface area contributed by atoms with Crippen molar-refractivity contribution in [1.29, 1.82) is 0 Å². The summed E-state index contributed by atoms with van der Waals surface area (Å²) in [5, 5.41) is 5.26. The van der Waals surface area contributed by atoms with E-state index >= 15 is 0 Å². The number of benzene rings is 1. The van der Waals surface area contributed by atoms with Gasteiger partial charge in [-0.3, -0.25) is 4.90 Å². The van der Waals surface area contributed by atoms with Crippen LogP contribution in [0.2, 0.25) is 0 Å². The number of rotatable bonds is 6. The highest BCUT2D eigenvalue weighted by Crippen LogP contribution is 2.42. The number of likely N-dealkylation sites (tertiary alicyclic amines) is 1. The first kappa shape index (κ1) is 23.0. The summed E-state index contributed by atoms with van der Waals surface area (Å²) < 4.78 is 42.2. The number of anilines is 1. The van der Waals surface area contributed by atoms with Crippen LogP contribution >= 0.6 is 0 Å². The fourth-order valence-electron chi connectivity index (χ4n) is 5.98. The largest absolute Gasteiger partial charge is 0.393 e. The molecule has 10 heteroatoms. The molecule has 0 amide bonds. The van der Waals surface area contributed by atoms with Gasteiger partial charge in [-0.2, -0.15) is 18.3 Å². The maximum absolute atomic E-state index is 12.9. The van der Waals surface area contributed by atoms with Gasteiger partial charge in [-0.05, 0) is 54.1 Å². The van der Waals surface area contributed by atoms with Gasteiger partial charge in [0.2, 0.25) is 0 Å². The first-order valence-electron chi connectivity index (χ1n) is 12.2. The van der Waals surface area contributed by atoms with Crippen molar-refractivity contribution in [2.75, 3.05) is 31.1 Å². The highest BCUT2D eigenvalue weighted by Gasteiger charge is 2.44. The number of carbonyl (C=O) groups is 1. The molecule has 2 saturated heterocycles. The molecule has 36 heavy (non-hydrogen) atoms. The van der Waals surface area contributed by atoms with Crippen molar-refractivity contribution in [3.63, 3.8) is 0 Å². The molecule has 0 N–H and O–H groups in total. The number of fused-ring (bicyclic) bond motifs is 2. The van der Waals surface area contributed by atoms with Gasteiger partial charge in [0.15, 0.2) is 5.82 Å². The zero-order valence-electron chi connectivity index (χ0n) is 19.8. The number of halogens is 3. The summed E-state index contributed by atoms with van der Waals surface area (Å²) in [5.74, 6) is 0.704. The Balaban J connectivity index is 1.16. The van der Waals surface area contributed by atoms with Crippen LogP contribution in [0.4, 0.5) is 19.0 Å². The highest BCUT2D eigenvalue weighted by molar-refractivity contribution is 5.81. The van der Waals surface area contributed by atoms with E-state index in [0.29, 0.717) is 17.9 Å². The topological polar surface area (TPSA) is 58.7 Å². The van der Waals surface area contributed by atoms with E-state index in [1.807, 2.05) is 16.8 Å². The Bertz CT molecular complexity index is 1430. The summed E-state index contributed by atoms with van der Waals surface area (Å²) in [6.07, 6.45) is 2.60. The van der Waals surface area contributed by atoms with Crippen molar-refractivity contribution >= 4 is 28.5 Å². The predicted octanol–water partition coefficient (Wildman–Crippen LogP) is 4.09. The number of alkyl halides is 3. The lowest BCUT2D eigenvalue weighted by atomic mass is 9.86. The fourth-order valence-corrected chi connectivity index (χ4v) is 5.98. The van der Waals surface area contributed by atoms with Crippen molar-refractivity contribution in [1.82, 2.24) is 24.1 Å². The van der Waals surface area contributed by atoms with Crippen molar-refractivity contribution < 1.29 is 18.0 Å². The van der Waals surface area contributed by atoms with E-state index in [2.05, 4.69) is 38.1 Å². The molecule has 0 bridgehead atoms. The second-order valence-corrected chi connectivity index (χ2v) is 10.2. The molecule has 6 rings (SSSR count). The van der Waals surface area contributed by atoms with Crippen LogP contribution in [0.15, 0.2) is 49.1 Å². The van der Waals surface area contributed by atoms with Crippen LogP contribution in [-0.4, -0.2) is 62.7 Å². The zero-order valence-corrected chi connectivity index (χ0v) is 19.8. The molecule has 1 spiro atoms. The van der Waals surface area contributed by atoms with Gasteiger partial charge in [-0.25, -0.2) is 9.50 Å². The van der Waals surface area contributed by atoms with Crippen LogP contribution < -0.4 is 4.90 Å². The maximum atomic E-state index is 12.9. The standard InChI is InChI=1S/C26H27F3N6O/c27-26(28,29)13-20-12-23-24(30-18-31-35(23)15-20)34-8-5-25(17-34)4-7-32(16-25)14-19-1-2-21-3-6-33(9-10-36)22(21)11-19/h1-3,6,10-12,15,18H,4-5,7-9,13-14,16-17H2. The molecule has 2 aliphatic heterocycles. The minimum absolute atomic E-state index is 0.144. The number of nitrogens with zero attached hydrogens (tertiary/aromatic N) is 6. The first-order valence-corrected chi connectivity index (χ1v) is 12.2. The maximum Gasteiger partial charge on any atom is 0.393 e. The summed E-state index contributed by atoms with van der Waals surface area (Å²) in [7, 11) is 0. The lowest BCUT2D eigenvalue weighted by Crippen LogP contribution is -2.31. The Morgan fingerprint density at radius 2 is 1.86 bits per heavy atom. The third-order valence-corrected chi connectivity index (χ3v) is 7.62. The number of hydrogen-bond acceptors (Lipinski definition) is 5. The summed E-state index contributed by atoms with van der Waals surface area (Å²) in [4.78, 5) is 20.1. The zero-order chi connectivity index (χ0) is 24.9. The van der Waals surface area contributed by atoms with Crippen LogP contribution in [0, 0.1) is 5.41 Å². The molecule has 2 aliphatic rings. The van der Waals surface area contributed by atoms with E-state index in [0.717, 1.165) is 62.8 Å². The molecule has 188 valence electrons. The molecule has 1 unspecified atom stereocenters. The molecule has 0 radical (unpaired) electrons. The Hall–Kier alpha value is -3.40. The van der Waals surface area contributed by atoms with Gasteiger partial charge < -0.3 is 14.3 Å². The molecule has 1 atom stereocenters. The second-order valence-electron chi connectivity index (χ2n) is 10.2. The molecule has 1 aromatic carbocycles. The van der Waals surface area contributed by atoms with E-state index in [1.165, 1.54) is 22.6 Å². The van der Waals surface area contributed by atoms with Gasteiger partial charge >= 0.3 is 6.18 Å². The molecule has 0 aliphatic carbocycles. The number of aldehydes is 1. The Morgan fingerprint density at radius 3 is 2.69 bits per heavy atom. The second kappa shape index (κ2) is 8.62. The molecule has 4 aromatic rings. The normalized spacial score (nSPS) is 20.9. The van der Waals surface area contributed by atoms with Crippen LogP contribution in [0.3, 0.4) is 0 Å². The Kier molecular flexibility index (Phi) is 5.51. The van der Waals surface area contributed by atoms with E-state index in [-0.39, 0.29) is 11.0 Å². The highest BCUT2D eigenvalue weighted by atomic mass is 19.4. The van der Waals surface area contributed by atoms with Gasteiger partial charge in [0.25, 0.3) is 0 Å². The van der Waals surface area contributed by atoms with Crippen molar-refractivity contribution in [2.45, 2.75) is 38.5 Å². The van der Waals surface area contributed by atoms with E-state index in [1.54, 1.807) is 6.07 Å². The van der Waals surface area contributed by atoms with Gasteiger partial charge in [-0.15, -0.1) is 0 Å². The smallest absolute Gasteiger partial charge is 0.354 e. The van der Waals surface area contributed by atoms with Gasteiger partial charge in [0.1, 0.15) is 18.1 Å². The van der Waals surface area contributed by atoms with Gasteiger partial charge in [0, 0.05) is 49.5 Å². The monoisotopic (exact) mass is 496 g/mol. The van der Waals surface area contributed by atoms with Crippen LogP contribution in [0.5, 0.6) is 0 Å². The lowest BCUT2D eigenvalue weighted by molar-refractivity contribution is -0.127. The van der Waals surface area contributed by atoms with E-state index < -0.39 is 12.6 Å².